The van der Waals surface area contributed by atoms with Crippen molar-refractivity contribution in [2.75, 3.05) is 12.3 Å². The Labute approximate surface area is 119 Å². The number of aliphatic hydroxyl groups is 1. The molecule has 1 saturated carbocycles. The molecule has 0 bridgehead atoms. The summed E-state index contributed by atoms with van der Waals surface area (Å²) in [4.78, 5) is 11.8. The molecule has 6 heteroatoms. The molecule has 1 aromatic rings. The summed E-state index contributed by atoms with van der Waals surface area (Å²) in [7, 11) is 0. The maximum Gasteiger partial charge on any atom is 0.241 e. The maximum absolute atomic E-state index is 11.8. The Morgan fingerprint density at radius 3 is 2.85 bits per heavy atom. The predicted octanol–water partition coefficient (Wildman–Crippen LogP) is 0.913. The van der Waals surface area contributed by atoms with E-state index in [1.165, 1.54) is 17.3 Å². The number of anilines is 1. The molecule has 1 fully saturated rings. The zero-order valence-corrected chi connectivity index (χ0v) is 12.0. The molecule has 0 aromatic carbocycles. The molecule has 1 aromatic heterocycles. The van der Waals surface area contributed by atoms with Gasteiger partial charge in [-0.25, -0.2) is 0 Å². The first kappa shape index (κ1) is 14.8. The SMILES string of the molecule is CCC1CCC(O)(CNC(=O)Cn2cc(N)cn2)CC1. The minimum atomic E-state index is -0.746. The Bertz CT molecular complexity index is 450. The van der Waals surface area contributed by atoms with Crippen LogP contribution in [0.2, 0.25) is 0 Å². The van der Waals surface area contributed by atoms with Crippen molar-refractivity contribution in [2.24, 2.45) is 5.92 Å². The summed E-state index contributed by atoms with van der Waals surface area (Å²) in [6.07, 6.45) is 7.90. The molecule has 0 radical (unpaired) electrons. The summed E-state index contributed by atoms with van der Waals surface area (Å²) in [5.41, 5.74) is 5.33. The van der Waals surface area contributed by atoms with Gasteiger partial charge in [-0.1, -0.05) is 13.3 Å². The molecular formula is C14H24N4O2. The molecule has 1 heterocycles. The van der Waals surface area contributed by atoms with Gasteiger partial charge in [-0.05, 0) is 31.6 Å². The Kier molecular flexibility index (Phi) is 4.65. The van der Waals surface area contributed by atoms with Crippen molar-refractivity contribution in [3.63, 3.8) is 0 Å². The van der Waals surface area contributed by atoms with Gasteiger partial charge in [-0.3, -0.25) is 9.48 Å². The standard InChI is InChI=1S/C14H24N4O2/c1-2-11-3-5-14(20,6-4-11)10-16-13(19)9-18-8-12(15)7-17-18/h7-8,11,20H,2-6,9-10,15H2,1H3,(H,16,19). The van der Waals surface area contributed by atoms with Gasteiger partial charge in [0.25, 0.3) is 0 Å². The van der Waals surface area contributed by atoms with Crippen LogP contribution >= 0.6 is 0 Å². The molecule has 0 saturated heterocycles. The van der Waals surface area contributed by atoms with Crippen LogP contribution in [0, 0.1) is 5.92 Å². The Morgan fingerprint density at radius 2 is 2.30 bits per heavy atom. The highest BCUT2D eigenvalue weighted by atomic mass is 16.3. The van der Waals surface area contributed by atoms with Crippen LogP contribution in [0.3, 0.4) is 0 Å². The van der Waals surface area contributed by atoms with Gasteiger partial charge < -0.3 is 16.2 Å². The fourth-order valence-electron chi connectivity index (χ4n) is 2.73. The second-order valence-electron chi connectivity index (χ2n) is 5.82. The summed E-state index contributed by atoms with van der Waals surface area (Å²) in [6, 6.07) is 0. The van der Waals surface area contributed by atoms with Gasteiger partial charge in [0.1, 0.15) is 6.54 Å². The van der Waals surface area contributed by atoms with E-state index in [0.29, 0.717) is 12.2 Å². The summed E-state index contributed by atoms with van der Waals surface area (Å²) < 4.78 is 1.49. The highest BCUT2D eigenvalue weighted by Crippen LogP contribution is 2.33. The van der Waals surface area contributed by atoms with E-state index in [1.54, 1.807) is 6.20 Å². The molecule has 0 aliphatic heterocycles. The average molecular weight is 280 g/mol. The lowest BCUT2D eigenvalue weighted by Crippen LogP contribution is -2.46. The second-order valence-corrected chi connectivity index (χ2v) is 5.82. The molecule has 6 nitrogen and oxygen atoms in total. The quantitative estimate of drug-likeness (QED) is 0.747. The number of nitrogens with two attached hydrogens (primary N) is 1. The number of aromatic nitrogens is 2. The number of nitrogen functional groups attached to an aromatic ring is 1. The molecule has 112 valence electrons. The van der Waals surface area contributed by atoms with Crippen LogP contribution in [0.5, 0.6) is 0 Å². The molecule has 1 amide bonds. The average Bonchev–Trinajstić information content (AvgIpc) is 2.83. The largest absolute Gasteiger partial charge is 0.396 e. The zero-order chi connectivity index (χ0) is 14.6. The van der Waals surface area contributed by atoms with Crippen molar-refractivity contribution >= 4 is 11.6 Å². The first-order valence-electron chi connectivity index (χ1n) is 7.28. The van der Waals surface area contributed by atoms with E-state index in [4.69, 9.17) is 5.73 Å². The van der Waals surface area contributed by atoms with E-state index in [2.05, 4.69) is 17.3 Å². The van der Waals surface area contributed by atoms with Crippen molar-refractivity contribution in [3.8, 4) is 0 Å². The van der Waals surface area contributed by atoms with E-state index in [0.717, 1.165) is 31.6 Å². The van der Waals surface area contributed by atoms with E-state index >= 15 is 0 Å². The van der Waals surface area contributed by atoms with E-state index < -0.39 is 5.60 Å². The molecular weight excluding hydrogens is 256 g/mol. The van der Waals surface area contributed by atoms with E-state index in [9.17, 15) is 9.90 Å². The van der Waals surface area contributed by atoms with Crippen LogP contribution in [0.15, 0.2) is 12.4 Å². The topological polar surface area (TPSA) is 93.2 Å². The number of hydrogen-bond acceptors (Lipinski definition) is 4. The van der Waals surface area contributed by atoms with Gasteiger partial charge in [0.05, 0.1) is 17.5 Å². The summed E-state index contributed by atoms with van der Waals surface area (Å²) in [5.74, 6) is 0.567. The van der Waals surface area contributed by atoms with Crippen molar-refractivity contribution in [1.82, 2.24) is 15.1 Å². The first-order chi connectivity index (χ1) is 9.50. The Balaban J connectivity index is 1.75. The molecule has 1 aliphatic carbocycles. The van der Waals surface area contributed by atoms with Crippen LogP contribution in [0.25, 0.3) is 0 Å². The second kappa shape index (κ2) is 6.26. The molecule has 0 spiro atoms. The minimum absolute atomic E-state index is 0.130. The van der Waals surface area contributed by atoms with Gasteiger partial charge >= 0.3 is 0 Å². The third kappa shape index (κ3) is 3.96. The number of hydrogen-bond donors (Lipinski definition) is 3. The summed E-state index contributed by atoms with van der Waals surface area (Å²) in [5, 5.41) is 17.2. The summed E-state index contributed by atoms with van der Waals surface area (Å²) >= 11 is 0. The van der Waals surface area contributed by atoms with Gasteiger partial charge in [0, 0.05) is 12.7 Å². The van der Waals surface area contributed by atoms with Crippen LogP contribution in [-0.2, 0) is 11.3 Å². The van der Waals surface area contributed by atoms with Gasteiger partial charge in [0.15, 0.2) is 0 Å². The highest BCUT2D eigenvalue weighted by molar-refractivity contribution is 5.75. The number of rotatable bonds is 5. The highest BCUT2D eigenvalue weighted by Gasteiger charge is 2.32. The molecule has 1 aliphatic rings. The van der Waals surface area contributed by atoms with Crippen LogP contribution in [0.1, 0.15) is 39.0 Å². The normalized spacial score (nSPS) is 26.4. The monoisotopic (exact) mass is 280 g/mol. The van der Waals surface area contributed by atoms with Gasteiger partial charge in [-0.2, -0.15) is 5.10 Å². The molecule has 4 N–H and O–H groups in total. The number of amides is 1. The number of nitrogens with zero attached hydrogens (tertiary/aromatic N) is 2. The first-order valence-corrected chi connectivity index (χ1v) is 7.28. The molecule has 0 unspecified atom stereocenters. The lowest BCUT2D eigenvalue weighted by Gasteiger charge is -2.35. The lowest BCUT2D eigenvalue weighted by molar-refractivity contribution is -0.123. The third-order valence-electron chi connectivity index (χ3n) is 4.19. The molecule has 2 rings (SSSR count). The van der Waals surface area contributed by atoms with Crippen LogP contribution in [0.4, 0.5) is 5.69 Å². The van der Waals surface area contributed by atoms with Crippen molar-refractivity contribution < 1.29 is 9.90 Å². The number of carbonyl (C=O) groups excluding carboxylic acids is 1. The molecule has 0 atom stereocenters. The lowest BCUT2D eigenvalue weighted by atomic mass is 9.78. The predicted molar refractivity (Wildman–Crippen MR) is 76.8 cm³/mol. The third-order valence-corrected chi connectivity index (χ3v) is 4.19. The fourth-order valence-corrected chi connectivity index (χ4v) is 2.73. The molecule has 20 heavy (non-hydrogen) atoms. The van der Waals surface area contributed by atoms with E-state index in [-0.39, 0.29) is 12.5 Å². The van der Waals surface area contributed by atoms with Crippen molar-refractivity contribution in [1.29, 1.82) is 0 Å². The van der Waals surface area contributed by atoms with Crippen molar-refractivity contribution in [3.05, 3.63) is 12.4 Å². The van der Waals surface area contributed by atoms with Crippen LogP contribution in [-0.4, -0.2) is 32.9 Å². The minimum Gasteiger partial charge on any atom is -0.396 e. The van der Waals surface area contributed by atoms with Crippen molar-refractivity contribution in [2.45, 2.75) is 51.2 Å². The van der Waals surface area contributed by atoms with Gasteiger partial charge in [-0.15, -0.1) is 0 Å². The fraction of sp³-hybridized carbons (Fsp3) is 0.714. The summed E-state index contributed by atoms with van der Waals surface area (Å²) in [6.45, 7) is 2.64. The number of carbonyl (C=O) groups is 1. The van der Waals surface area contributed by atoms with Gasteiger partial charge in [0.2, 0.25) is 5.91 Å². The van der Waals surface area contributed by atoms with E-state index in [1.807, 2.05) is 0 Å². The smallest absolute Gasteiger partial charge is 0.241 e. The number of nitrogens with one attached hydrogen (secondary N) is 1. The Hall–Kier alpha value is -1.56. The van der Waals surface area contributed by atoms with Crippen LogP contribution < -0.4 is 11.1 Å². The zero-order valence-electron chi connectivity index (χ0n) is 12.0. The maximum atomic E-state index is 11.8. The Morgan fingerprint density at radius 1 is 1.60 bits per heavy atom.